The number of allylic oxidation sites excluding steroid dienone is 1. The number of hydrogen-bond donors (Lipinski definition) is 2. The van der Waals surface area contributed by atoms with Crippen LogP contribution in [-0.2, 0) is 4.79 Å². The number of methoxy groups -OCH3 is 3. The lowest BCUT2D eigenvalue weighted by Gasteiger charge is -2.30. The highest BCUT2D eigenvalue weighted by molar-refractivity contribution is 6.01. The lowest BCUT2D eigenvalue weighted by molar-refractivity contribution is -0.116. The molecule has 38 heavy (non-hydrogen) atoms. The number of hydrogen-bond acceptors (Lipinski definition) is 7. The quantitative estimate of drug-likeness (QED) is 0.356. The molecule has 0 saturated carbocycles. The maximum absolute atomic E-state index is 13.9. The molecule has 0 fully saturated rings. The van der Waals surface area contributed by atoms with Crippen LogP contribution in [-0.4, -0.2) is 33.7 Å². The summed E-state index contributed by atoms with van der Waals surface area (Å²) in [7, 11) is 4.89. The monoisotopic (exact) mass is 514 g/mol. The lowest BCUT2D eigenvalue weighted by atomic mass is 9.78. The van der Waals surface area contributed by atoms with Crippen molar-refractivity contribution in [3.63, 3.8) is 0 Å². The van der Waals surface area contributed by atoms with Crippen LogP contribution in [0.2, 0.25) is 0 Å². The summed E-state index contributed by atoms with van der Waals surface area (Å²) in [6.07, 6.45) is 2.00. The van der Waals surface area contributed by atoms with Crippen molar-refractivity contribution in [1.29, 1.82) is 0 Å². The van der Waals surface area contributed by atoms with Crippen molar-refractivity contribution >= 4 is 17.2 Å². The predicted molar refractivity (Wildman–Crippen MR) is 149 cm³/mol. The molecule has 5 rings (SSSR count). The van der Waals surface area contributed by atoms with Crippen LogP contribution >= 0.6 is 0 Å². The fraction of sp³-hybridized carbons (Fsp3) is 0.323. The third-order valence-corrected chi connectivity index (χ3v) is 7.17. The molecule has 1 heterocycles. The zero-order chi connectivity index (χ0) is 26.6. The zero-order valence-corrected chi connectivity index (χ0v) is 22.3. The molecule has 2 N–H and O–H groups in total. The number of anilines is 2. The molecule has 198 valence electrons. The van der Waals surface area contributed by atoms with Gasteiger partial charge in [-0.15, -0.1) is 0 Å². The van der Waals surface area contributed by atoms with Crippen molar-refractivity contribution in [3.8, 4) is 23.0 Å². The number of Topliss-reactive ketones (excluding diaryl/α,β-unsaturated/α-hetero) is 1. The van der Waals surface area contributed by atoms with Crippen molar-refractivity contribution in [2.75, 3.05) is 38.6 Å². The second-order valence-electron chi connectivity index (χ2n) is 9.54. The summed E-state index contributed by atoms with van der Waals surface area (Å²) >= 11 is 0. The Bertz CT molecular complexity index is 1370. The van der Waals surface area contributed by atoms with E-state index in [0.29, 0.717) is 42.4 Å². The molecule has 0 amide bonds. The zero-order valence-electron chi connectivity index (χ0n) is 22.3. The van der Waals surface area contributed by atoms with Gasteiger partial charge in [0.2, 0.25) is 0 Å². The summed E-state index contributed by atoms with van der Waals surface area (Å²) in [6.45, 7) is 2.68. The summed E-state index contributed by atoms with van der Waals surface area (Å²) in [5.74, 6) is 2.80. The van der Waals surface area contributed by atoms with Gasteiger partial charge in [0.15, 0.2) is 28.8 Å². The third-order valence-electron chi connectivity index (χ3n) is 7.17. The van der Waals surface area contributed by atoms with Gasteiger partial charge in [-0.3, -0.25) is 4.79 Å². The molecular weight excluding hydrogens is 480 g/mol. The Hall–Kier alpha value is -4.13. The first kappa shape index (κ1) is 25.5. The van der Waals surface area contributed by atoms with Crippen LogP contribution in [0.25, 0.3) is 0 Å². The van der Waals surface area contributed by atoms with Crippen LogP contribution in [0.15, 0.2) is 71.9 Å². The Morgan fingerprint density at radius 2 is 1.45 bits per heavy atom. The standard InChI is InChI=1S/C31H34N2O5/c1-5-14-38-27-13-11-20(18-29(27)37-4)31-30-24(32-22-8-6-7-9-23(22)33-31)15-21(16-25(30)34)19-10-12-26(35-2)28(17-19)36-3/h6-13,17-18,21,31-33H,5,14-16H2,1-4H3/t21-,31+/m0/s1. The smallest absolute Gasteiger partial charge is 0.163 e. The SMILES string of the molecule is CCCOc1ccc([C@H]2Nc3ccccc3NC3=C2C(=O)C[C@@H](c2ccc(OC)c(OC)c2)C3)cc1OC. The minimum Gasteiger partial charge on any atom is -0.493 e. The molecule has 0 aromatic heterocycles. The fourth-order valence-electron chi connectivity index (χ4n) is 5.28. The Labute approximate surface area is 223 Å². The van der Waals surface area contributed by atoms with Gasteiger partial charge in [-0.05, 0) is 66.3 Å². The fourth-order valence-corrected chi connectivity index (χ4v) is 5.28. The van der Waals surface area contributed by atoms with Gasteiger partial charge in [-0.25, -0.2) is 0 Å². The van der Waals surface area contributed by atoms with E-state index < -0.39 is 0 Å². The van der Waals surface area contributed by atoms with E-state index in [2.05, 4.69) is 17.6 Å². The number of nitrogens with one attached hydrogen (secondary N) is 2. The van der Waals surface area contributed by atoms with Gasteiger partial charge >= 0.3 is 0 Å². The second kappa shape index (κ2) is 11.1. The van der Waals surface area contributed by atoms with E-state index >= 15 is 0 Å². The van der Waals surface area contributed by atoms with Gasteiger partial charge in [0.1, 0.15) is 0 Å². The van der Waals surface area contributed by atoms with E-state index in [0.717, 1.165) is 40.2 Å². The number of rotatable bonds is 8. The maximum Gasteiger partial charge on any atom is 0.163 e. The number of ketones is 1. The molecule has 1 aliphatic carbocycles. The first-order valence-corrected chi connectivity index (χ1v) is 13.0. The van der Waals surface area contributed by atoms with Gasteiger partial charge in [0.25, 0.3) is 0 Å². The summed E-state index contributed by atoms with van der Waals surface area (Å²) in [5, 5.41) is 7.23. The number of benzene rings is 3. The average Bonchev–Trinajstić information content (AvgIpc) is 3.12. The van der Waals surface area contributed by atoms with Crippen molar-refractivity contribution in [3.05, 3.63) is 83.1 Å². The highest BCUT2D eigenvalue weighted by Gasteiger charge is 2.36. The Morgan fingerprint density at radius 1 is 0.789 bits per heavy atom. The molecule has 0 unspecified atom stereocenters. The van der Waals surface area contributed by atoms with E-state index in [-0.39, 0.29) is 17.7 Å². The lowest BCUT2D eigenvalue weighted by Crippen LogP contribution is -2.27. The highest BCUT2D eigenvalue weighted by Crippen LogP contribution is 2.46. The molecule has 7 heteroatoms. The first-order valence-electron chi connectivity index (χ1n) is 13.0. The van der Waals surface area contributed by atoms with Crippen LogP contribution in [0.5, 0.6) is 23.0 Å². The molecule has 1 aliphatic heterocycles. The van der Waals surface area contributed by atoms with Gasteiger partial charge in [-0.2, -0.15) is 0 Å². The first-order chi connectivity index (χ1) is 18.6. The summed E-state index contributed by atoms with van der Waals surface area (Å²) < 4.78 is 22.5. The van der Waals surface area contributed by atoms with Crippen LogP contribution in [0.4, 0.5) is 11.4 Å². The molecule has 2 aliphatic rings. The predicted octanol–water partition coefficient (Wildman–Crippen LogP) is 6.48. The molecule has 3 aromatic carbocycles. The van der Waals surface area contributed by atoms with Gasteiger partial charge < -0.3 is 29.6 Å². The summed E-state index contributed by atoms with van der Waals surface area (Å²) in [5.41, 5.74) is 5.54. The number of carbonyl (C=O) groups excluding carboxylic acids is 1. The van der Waals surface area contributed by atoms with Crippen LogP contribution in [0.1, 0.15) is 49.3 Å². The molecule has 0 bridgehead atoms. The minimum atomic E-state index is -0.339. The third kappa shape index (κ3) is 4.88. The Balaban J connectivity index is 1.56. The largest absolute Gasteiger partial charge is 0.493 e. The second-order valence-corrected chi connectivity index (χ2v) is 9.54. The number of ether oxygens (including phenoxy) is 4. The molecule has 0 radical (unpaired) electrons. The maximum atomic E-state index is 13.9. The highest BCUT2D eigenvalue weighted by atomic mass is 16.5. The van der Waals surface area contributed by atoms with Crippen molar-refractivity contribution in [2.24, 2.45) is 0 Å². The molecule has 3 aromatic rings. The topological polar surface area (TPSA) is 78.1 Å². The Kier molecular flexibility index (Phi) is 7.45. The van der Waals surface area contributed by atoms with Gasteiger partial charge in [0.05, 0.1) is 45.4 Å². The van der Waals surface area contributed by atoms with E-state index in [1.165, 1.54) is 0 Å². The number of carbonyl (C=O) groups is 1. The molecule has 0 saturated heterocycles. The van der Waals surface area contributed by atoms with Gasteiger partial charge in [-0.1, -0.05) is 31.2 Å². The van der Waals surface area contributed by atoms with E-state index in [4.69, 9.17) is 18.9 Å². The van der Waals surface area contributed by atoms with Gasteiger partial charge in [0, 0.05) is 17.7 Å². The van der Waals surface area contributed by atoms with Crippen molar-refractivity contribution in [1.82, 2.24) is 0 Å². The number of para-hydroxylation sites is 2. The Morgan fingerprint density at radius 3 is 2.18 bits per heavy atom. The van der Waals surface area contributed by atoms with Crippen molar-refractivity contribution in [2.45, 2.75) is 38.1 Å². The van der Waals surface area contributed by atoms with E-state index in [1.807, 2.05) is 60.7 Å². The summed E-state index contributed by atoms with van der Waals surface area (Å²) in [4.78, 5) is 13.9. The molecule has 7 nitrogen and oxygen atoms in total. The van der Waals surface area contributed by atoms with Crippen molar-refractivity contribution < 1.29 is 23.7 Å². The summed E-state index contributed by atoms with van der Waals surface area (Å²) in [6, 6.07) is 19.5. The van der Waals surface area contributed by atoms with E-state index in [1.54, 1.807) is 21.3 Å². The van der Waals surface area contributed by atoms with Crippen LogP contribution in [0, 0.1) is 0 Å². The van der Waals surface area contributed by atoms with Crippen LogP contribution < -0.4 is 29.6 Å². The minimum absolute atomic E-state index is 0.0128. The normalized spacial score (nSPS) is 18.4. The molecular formula is C31H34N2O5. The number of fused-ring (bicyclic) bond motifs is 1. The van der Waals surface area contributed by atoms with E-state index in [9.17, 15) is 4.79 Å². The molecule has 0 spiro atoms. The molecule has 2 atom stereocenters. The average molecular weight is 515 g/mol. The van der Waals surface area contributed by atoms with Crippen LogP contribution in [0.3, 0.4) is 0 Å².